The SMILES string of the molecule is C[C@H](Nc1nc(NC2CC2)n2ncc(/C=C3\CC(=O)NC3=O)c2n1)C1CCCCC1. The van der Waals surface area contributed by atoms with Crippen molar-refractivity contribution in [1.29, 1.82) is 0 Å². The summed E-state index contributed by atoms with van der Waals surface area (Å²) in [6.45, 7) is 2.20. The maximum absolute atomic E-state index is 12.0. The second-order valence-electron chi connectivity index (χ2n) is 8.68. The van der Waals surface area contributed by atoms with Gasteiger partial charge in [-0.2, -0.15) is 19.6 Å². The minimum absolute atomic E-state index is 0.0816. The molecule has 2 saturated carbocycles. The van der Waals surface area contributed by atoms with Crippen molar-refractivity contribution < 1.29 is 9.59 Å². The van der Waals surface area contributed by atoms with Crippen molar-refractivity contribution in [2.75, 3.05) is 10.6 Å². The highest BCUT2D eigenvalue weighted by molar-refractivity contribution is 6.15. The molecule has 0 unspecified atom stereocenters. The van der Waals surface area contributed by atoms with Crippen LogP contribution in [0.2, 0.25) is 0 Å². The van der Waals surface area contributed by atoms with Gasteiger partial charge in [-0.1, -0.05) is 19.3 Å². The van der Waals surface area contributed by atoms with Gasteiger partial charge in [-0.25, -0.2) is 0 Å². The van der Waals surface area contributed by atoms with Gasteiger partial charge in [-0.05, 0) is 44.6 Å². The lowest BCUT2D eigenvalue weighted by Crippen LogP contribution is -2.29. The van der Waals surface area contributed by atoms with E-state index in [0.29, 0.717) is 40.6 Å². The van der Waals surface area contributed by atoms with Crippen LogP contribution in [0, 0.1) is 5.92 Å². The van der Waals surface area contributed by atoms with Gasteiger partial charge in [0.25, 0.3) is 5.91 Å². The molecule has 30 heavy (non-hydrogen) atoms. The van der Waals surface area contributed by atoms with Crippen molar-refractivity contribution in [2.45, 2.75) is 70.4 Å². The summed E-state index contributed by atoms with van der Waals surface area (Å²) in [4.78, 5) is 32.9. The van der Waals surface area contributed by atoms with Crippen molar-refractivity contribution in [3.63, 3.8) is 0 Å². The number of carbonyl (C=O) groups is 2. The maximum atomic E-state index is 12.0. The van der Waals surface area contributed by atoms with Gasteiger partial charge in [-0.15, -0.1) is 0 Å². The molecular formula is C21H27N7O2. The average molecular weight is 409 g/mol. The van der Waals surface area contributed by atoms with Crippen molar-refractivity contribution >= 4 is 35.4 Å². The molecule has 158 valence electrons. The zero-order valence-electron chi connectivity index (χ0n) is 17.1. The Hall–Kier alpha value is -2.97. The number of amides is 2. The number of aromatic nitrogens is 4. The van der Waals surface area contributed by atoms with Crippen LogP contribution >= 0.6 is 0 Å². The number of hydrogen-bond donors (Lipinski definition) is 3. The fourth-order valence-corrected chi connectivity index (χ4v) is 4.33. The van der Waals surface area contributed by atoms with Crippen LogP contribution in [0.3, 0.4) is 0 Å². The first-order valence-corrected chi connectivity index (χ1v) is 10.9. The number of imide groups is 1. The summed E-state index contributed by atoms with van der Waals surface area (Å²) in [5.41, 5.74) is 1.74. The lowest BCUT2D eigenvalue weighted by molar-refractivity contribution is -0.124. The zero-order chi connectivity index (χ0) is 20.7. The lowest BCUT2D eigenvalue weighted by Gasteiger charge is -2.28. The molecule has 0 spiro atoms. The van der Waals surface area contributed by atoms with Gasteiger partial charge in [0.2, 0.25) is 17.8 Å². The molecule has 0 radical (unpaired) electrons. The van der Waals surface area contributed by atoms with Crippen LogP contribution in [-0.2, 0) is 9.59 Å². The standard InChI is InChI=1S/C21H27N7O2/c1-12(13-5-3-2-4-6-13)23-20-26-18-15(9-14-10-17(29)25-19(14)30)11-22-28(18)21(27-20)24-16-7-8-16/h9,11-13,16H,2-8,10H2,1H3,(H,25,29,30)(H2,23,24,26,27)/b14-9+/t12-/m0/s1. The third-order valence-corrected chi connectivity index (χ3v) is 6.24. The Kier molecular flexibility index (Phi) is 4.88. The Morgan fingerprint density at radius 2 is 1.97 bits per heavy atom. The number of fused-ring (bicyclic) bond motifs is 1. The molecule has 2 aromatic heterocycles. The Bertz CT molecular complexity index is 1020. The summed E-state index contributed by atoms with van der Waals surface area (Å²) in [6, 6.07) is 0.695. The van der Waals surface area contributed by atoms with E-state index < -0.39 is 0 Å². The second kappa shape index (κ2) is 7.70. The van der Waals surface area contributed by atoms with Gasteiger partial charge < -0.3 is 10.6 Å². The molecule has 1 aliphatic heterocycles. The average Bonchev–Trinajstić information content (AvgIpc) is 3.37. The summed E-state index contributed by atoms with van der Waals surface area (Å²) in [7, 11) is 0. The summed E-state index contributed by atoms with van der Waals surface area (Å²) in [5.74, 6) is 1.21. The van der Waals surface area contributed by atoms with Crippen molar-refractivity contribution in [2.24, 2.45) is 5.92 Å². The first kappa shape index (κ1) is 19.0. The third-order valence-electron chi connectivity index (χ3n) is 6.24. The van der Waals surface area contributed by atoms with E-state index in [1.54, 1.807) is 16.8 Å². The van der Waals surface area contributed by atoms with E-state index in [1.165, 1.54) is 32.1 Å². The monoisotopic (exact) mass is 409 g/mol. The van der Waals surface area contributed by atoms with Crippen LogP contribution < -0.4 is 16.0 Å². The fourth-order valence-electron chi connectivity index (χ4n) is 4.33. The quantitative estimate of drug-likeness (QED) is 0.496. The highest BCUT2D eigenvalue weighted by Crippen LogP contribution is 2.29. The van der Waals surface area contributed by atoms with E-state index in [-0.39, 0.29) is 24.3 Å². The Balaban J connectivity index is 1.48. The van der Waals surface area contributed by atoms with E-state index in [4.69, 9.17) is 9.97 Å². The molecular weight excluding hydrogens is 382 g/mol. The minimum atomic E-state index is -0.353. The number of carbonyl (C=O) groups excluding carboxylic acids is 2. The topological polar surface area (TPSA) is 113 Å². The molecule has 3 heterocycles. The summed E-state index contributed by atoms with van der Waals surface area (Å²) in [5, 5.41) is 13.7. The number of hydrogen-bond acceptors (Lipinski definition) is 7. The third kappa shape index (κ3) is 3.88. The number of rotatable bonds is 6. The van der Waals surface area contributed by atoms with Gasteiger partial charge in [0.05, 0.1) is 12.6 Å². The summed E-state index contributed by atoms with van der Waals surface area (Å²) < 4.78 is 1.68. The fraction of sp³-hybridized carbons (Fsp3) is 0.571. The van der Waals surface area contributed by atoms with Gasteiger partial charge in [-0.3, -0.25) is 14.9 Å². The molecule has 9 heteroatoms. The molecule has 2 amide bonds. The van der Waals surface area contributed by atoms with E-state index in [0.717, 1.165) is 12.8 Å². The molecule has 0 bridgehead atoms. The van der Waals surface area contributed by atoms with Crippen LogP contribution in [0.15, 0.2) is 11.8 Å². The van der Waals surface area contributed by atoms with Gasteiger partial charge in [0.1, 0.15) is 0 Å². The van der Waals surface area contributed by atoms with E-state index >= 15 is 0 Å². The molecule has 2 aliphatic carbocycles. The maximum Gasteiger partial charge on any atom is 0.254 e. The van der Waals surface area contributed by atoms with Gasteiger partial charge in [0, 0.05) is 23.2 Å². The molecule has 3 fully saturated rings. The number of nitrogens with one attached hydrogen (secondary N) is 3. The molecule has 1 saturated heterocycles. The van der Waals surface area contributed by atoms with Crippen molar-refractivity contribution in [3.8, 4) is 0 Å². The number of anilines is 2. The Labute approximate surface area is 174 Å². The highest BCUT2D eigenvalue weighted by Gasteiger charge is 2.27. The predicted octanol–water partition coefficient (Wildman–Crippen LogP) is 2.51. The molecule has 3 aliphatic rings. The molecule has 9 nitrogen and oxygen atoms in total. The van der Waals surface area contributed by atoms with E-state index in [1.807, 2.05) is 0 Å². The van der Waals surface area contributed by atoms with Crippen LogP contribution in [0.5, 0.6) is 0 Å². The second-order valence-corrected chi connectivity index (χ2v) is 8.68. The summed E-state index contributed by atoms with van der Waals surface area (Å²) in [6.07, 6.45) is 12.0. The largest absolute Gasteiger partial charge is 0.351 e. The van der Waals surface area contributed by atoms with E-state index in [2.05, 4.69) is 28.0 Å². The van der Waals surface area contributed by atoms with Crippen LogP contribution in [-0.4, -0.2) is 43.5 Å². The van der Waals surface area contributed by atoms with Crippen LogP contribution in [0.1, 0.15) is 63.9 Å². The van der Waals surface area contributed by atoms with Crippen molar-refractivity contribution in [1.82, 2.24) is 24.9 Å². The normalized spacial score (nSPS) is 22.5. The Morgan fingerprint density at radius 3 is 2.67 bits per heavy atom. The van der Waals surface area contributed by atoms with Gasteiger partial charge >= 0.3 is 0 Å². The molecule has 2 aromatic rings. The smallest absolute Gasteiger partial charge is 0.254 e. The number of nitrogens with zero attached hydrogens (tertiary/aromatic N) is 4. The Morgan fingerprint density at radius 1 is 1.17 bits per heavy atom. The first-order valence-electron chi connectivity index (χ1n) is 10.9. The van der Waals surface area contributed by atoms with Crippen LogP contribution in [0.4, 0.5) is 11.9 Å². The highest BCUT2D eigenvalue weighted by atomic mass is 16.2. The zero-order valence-corrected chi connectivity index (χ0v) is 17.1. The minimum Gasteiger partial charge on any atom is -0.351 e. The first-order chi connectivity index (χ1) is 14.6. The molecule has 1 atom stereocenters. The molecule has 3 N–H and O–H groups in total. The van der Waals surface area contributed by atoms with Gasteiger partial charge in [0.15, 0.2) is 5.65 Å². The van der Waals surface area contributed by atoms with Crippen LogP contribution in [0.25, 0.3) is 11.7 Å². The van der Waals surface area contributed by atoms with Crippen molar-refractivity contribution in [3.05, 3.63) is 17.3 Å². The molecule has 0 aromatic carbocycles. The summed E-state index contributed by atoms with van der Waals surface area (Å²) >= 11 is 0. The lowest BCUT2D eigenvalue weighted by atomic mass is 9.85. The predicted molar refractivity (Wildman–Crippen MR) is 113 cm³/mol. The molecule has 5 rings (SSSR count). The van der Waals surface area contributed by atoms with E-state index in [9.17, 15) is 9.59 Å².